The van der Waals surface area contributed by atoms with E-state index < -0.39 is 0 Å². The number of amides is 1. The second-order valence-corrected chi connectivity index (χ2v) is 6.36. The second-order valence-electron chi connectivity index (χ2n) is 3.95. The zero-order valence-electron chi connectivity index (χ0n) is 8.55. The van der Waals surface area contributed by atoms with Gasteiger partial charge in [-0.3, -0.25) is 4.79 Å². The molecule has 1 N–H and O–H groups in total. The average Bonchev–Trinajstić information content (AvgIpc) is 2.86. The van der Waals surface area contributed by atoms with Gasteiger partial charge in [0.25, 0.3) is 0 Å². The van der Waals surface area contributed by atoms with E-state index in [-0.39, 0.29) is 11.3 Å². The normalized spacial score (nSPS) is 17.5. The van der Waals surface area contributed by atoms with E-state index in [1.807, 2.05) is 0 Å². The van der Waals surface area contributed by atoms with Gasteiger partial charge in [-0.15, -0.1) is 0 Å². The molecule has 15 heavy (non-hydrogen) atoms. The summed E-state index contributed by atoms with van der Waals surface area (Å²) in [5, 5.41) is 3.58. The minimum Gasteiger partial charge on any atom is -0.301 e. The predicted molar refractivity (Wildman–Crippen MR) is 65.0 cm³/mol. The minimum atomic E-state index is -0.0765. The van der Waals surface area contributed by atoms with Gasteiger partial charge in [0.15, 0.2) is 5.13 Å². The molecule has 0 aromatic carbocycles. The number of rotatable bonds is 4. The van der Waals surface area contributed by atoms with Crippen LogP contribution in [0.15, 0.2) is 9.98 Å². The van der Waals surface area contributed by atoms with Gasteiger partial charge in [0.1, 0.15) is 0 Å². The lowest BCUT2D eigenvalue weighted by Crippen LogP contribution is -2.23. The van der Waals surface area contributed by atoms with E-state index in [4.69, 9.17) is 0 Å². The first kappa shape index (κ1) is 11.1. The Morgan fingerprint density at radius 1 is 1.73 bits per heavy atom. The fourth-order valence-corrected chi connectivity index (χ4v) is 2.86. The number of anilines is 1. The maximum Gasteiger partial charge on any atom is 0.232 e. The molecule has 0 saturated heterocycles. The highest BCUT2D eigenvalue weighted by molar-refractivity contribution is 9.11. The van der Waals surface area contributed by atoms with Crippen LogP contribution in [-0.2, 0) is 4.79 Å². The number of carbonyl (C=O) groups excluding carboxylic acids is 1. The van der Waals surface area contributed by atoms with E-state index >= 15 is 0 Å². The Morgan fingerprint density at radius 3 is 2.93 bits per heavy atom. The van der Waals surface area contributed by atoms with E-state index in [2.05, 4.69) is 33.2 Å². The lowest BCUT2D eigenvalue weighted by Gasteiger charge is -2.12. The number of halogens is 1. The van der Waals surface area contributed by atoms with Crippen molar-refractivity contribution in [3.8, 4) is 0 Å². The summed E-state index contributed by atoms with van der Waals surface area (Å²) in [6.45, 7) is 2.12. The molecule has 1 fully saturated rings. The third-order valence-electron chi connectivity index (χ3n) is 2.76. The second kappa shape index (κ2) is 4.22. The third-order valence-corrected chi connectivity index (χ3v) is 4.15. The lowest BCUT2D eigenvalue weighted by atomic mass is 10.00. The summed E-state index contributed by atoms with van der Waals surface area (Å²) >= 11 is 4.78. The highest BCUT2D eigenvalue weighted by Gasteiger charge is 2.48. The molecule has 0 radical (unpaired) electrons. The van der Waals surface area contributed by atoms with Crippen molar-refractivity contribution in [3.63, 3.8) is 0 Å². The maximum absolute atomic E-state index is 11.9. The van der Waals surface area contributed by atoms with Crippen molar-refractivity contribution >= 4 is 38.3 Å². The molecule has 3 nitrogen and oxygen atoms in total. The Hall–Kier alpha value is -0.420. The van der Waals surface area contributed by atoms with Crippen LogP contribution in [0.25, 0.3) is 0 Å². The third kappa shape index (κ3) is 2.39. The van der Waals surface area contributed by atoms with Crippen LogP contribution >= 0.6 is 27.3 Å². The number of nitrogens with zero attached hydrogens (tertiary/aromatic N) is 1. The molecule has 1 amide bonds. The quantitative estimate of drug-likeness (QED) is 0.922. The Kier molecular flexibility index (Phi) is 3.11. The van der Waals surface area contributed by atoms with Crippen molar-refractivity contribution in [2.75, 3.05) is 5.32 Å². The minimum absolute atomic E-state index is 0.0765. The van der Waals surface area contributed by atoms with Crippen LogP contribution in [0.1, 0.15) is 32.6 Å². The topological polar surface area (TPSA) is 42.0 Å². The average molecular weight is 289 g/mol. The van der Waals surface area contributed by atoms with Crippen molar-refractivity contribution in [1.29, 1.82) is 0 Å². The van der Waals surface area contributed by atoms with Crippen molar-refractivity contribution in [3.05, 3.63) is 9.98 Å². The highest BCUT2D eigenvalue weighted by Crippen LogP contribution is 2.50. The zero-order valence-corrected chi connectivity index (χ0v) is 10.9. The van der Waals surface area contributed by atoms with Crippen LogP contribution in [-0.4, -0.2) is 10.9 Å². The van der Waals surface area contributed by atoms with Gasteiger partial charge >= 0.3 is 0 Å². The van der Waals surface area contributed by atoms with Crippen molar-refractivity contribution in [2.45, 2.75) is 32.6 Å². The highest BCUT2D eigenvalue weighted by atomic mass is 79.9. The van der Waals surface area contributed by atoms with Gasteiger partial charge in [0.05, 0.1) is 9.98 Å². The van der Waals surface area contributed by atoms with Gasteiger partial charge in [-0.25, -0.2) is 4.98 Å². The largest absolute Gasteiger partial charge is 0.301 e. The number of thiazole rings is 1. The summed E-state index contributed by atoms with van der Waals surface area (Å²) in [5.74, 6) is 0.145. The van der Waals surface area contributed by atoms with Gasteiger partial charge in [-0.2, -0.15) is 0 Å². The Balaban J connectivity index is 1.98. The molecule has 2 rings (SSSR count). The summed E-state index contributed by atoms with van der Waals surface area (Å²) in [7, 11) is 0. The van der Waals surface area contributed by atoms with Gasteiger partial charge in [-0.1, -0.05) is 24.7 Å². The first-order valence-corrected chi connectivity index (χ1v) is 6.70. The van der Waals surface area contributed by atoms with Gasteiger partial charge in [-0.05, 0) is 35.2 Å². The number of nitrogens with one attached hydrogen (secondary N) is 1. The first-order valence-electron chi connectivity index (χ1n) is 5.09. The molecule has 0 atom stereocenters. The first-order chi connectivity index (χ1) is 7.16. The molecule has 0 spiro atoms. The molecular formula is C10H13BrN2OS. The molecular weight excluding hydrogens is 276 g/mol. The number of hydrogen-bond donors (Lipinski definition) is 1. The Morgan fingerprint density at radius 2 is 2.47 bits per heavy atom. The zero-order chi connectivity index (χ0) is 10.9. The molecule has 1 saturated carbocycles. The van der Waals surface area contributed by atoms with E-state index in [9.17, 15) is 4.79 Å². The number of carbonyl (C=O) groups is 1. The molecule has 1 aliphatic carbocycles. The molecule has 0 unspecified atom stereocenters. The van der Waals surface area contributed by atoms with Crippen LogP contribution in [0, 0.1) is 5.41 Å². The Bertz CT molecular complexity index is 373. The van der Waals surface area contributed by atoms with E-state index in [1.165, 1.54) is 11.3 Å². The number of hydrogen-bond acceptors (Lipinski definition) is 3. The van der Waals surface area contributed by atoms with Crippen LogP contribution in [0.5, 0.6) is 0 Å². The van der Waals surface area contributed by atoms with E-state index in [1.54, 1.807) is 6.20 Å². The molecule has 1 aromatic rings. The van der Waals surface area contributed by atoms with Crippen LogP contribution in [0.2, 0.25) is 0 Å². The van der Waals surface area contributed by atoms with Gasteiger partial charge < -0.3 is 5.32 Å². The van der Waals surface area contributed by atoms with E-state index in [0.29, 0.717) is 5.13 Å². The molecule has 82 valence electrons. The fraction of sp³-hybridized carbons (Fsp3) is 0.600. The summed E-state index contributed by atoms with van der Waals surface area (Å²) in [5.41, 5.74) is -0.0765. The lowest BCUT2D eigenvalue weighted by molar-refractivity contribution is -0.121. The molecule has 0 aliphatic heterocycles. The van der Waals surface area contributed by atoms with E-state index in [0.717, 1.165) is 29.5 Å². The maximum atomic E-state index is 11.9. The van der Waals surface area contributed by atoms with Crippen LogP contribution in [0.3, 0.4) is 0 Å². The summed E-state index contributed by atoms with van der Waals surface area (Å²) in [6.07, 6.45) is 5.82. The number of aromatic nitrogens is 1. The predicted octanol–water partition coefficient (Wildman–Crippen LogP) is 3.42. The van der Waals surface area contributed by atoms with Crippen LogP contribution in [0.4, 0.5) is 5.13 Å². The molecule has 0 bridgehead atoms. The van der Waals surface area contributed by atoms with Crippen molar-refractivity contribution < 1.29 is 4.79 Å². The van der Waals surface area contributed by atoms with Gasteiger partial charge in [0.2, 0.25) is 5.91 Å². The summed E-state index contributed by atoms with van der Waals surface area (Å²) < 4.78 is 0.943. The Labute approximate surface area is 101 Å². The van der Waals surface area contributed by atoms with Crippen molar-refractivity contribution in [2.24, 2.45) is 5.41 Å². The molecule has 1 aliphatic rings. The van der Waals surface area contributed by atoms with Crippen molar-refractivity contribution in [1.82, 2.24) is 4.98 Å². The molecule has 1 aromatic heterocycles. The smallest absolute Gasteiger partial charge is 0.232 e. The SMILES string of the molecule is CCCC1(C(=O)Nc2ncc(Br)s2)CC1. The molecule has 1 heterocycles. The summed E-state index contributed by atoms with van der Waals surface area (Å²) in [6, 6.07) is 0. The molecule has 5 heteroatoms. The standard InChI is InChI=1S/C10H13BrN2OS/c1-2-3-10(4-5-10)8(14)13-9-12-6-7(11)15-9/h6H,2-5H2,1H3,(H,12,13,14). The van der Waals surface area contributed by atoms with Gasteiger partial charge in [0, 0.05) is 5.41 Å². The fourth-order valence-electron chi connectivity index (χ4n) is 1.76. The summed E-state index contributed by atoms with van der Waals surface area (Å²) in [4.78, 5) is 16.0. The van der Waals surface area contributed by atoms with Crippen LogP contribution < -0.4 is 5.32 Å². The monoisotopic (exact) mass is 288 g/mol.